The Morgan fingerprint density at radius 2 is 2.00 bits per heavy atom. The van der Waals surface area contributed by atoms with E-state index in [-0.39, 0.29) is 5.75 Å². The van der Waals surface area contributed by atoms with E-state index in [4.69, 9.17) is 15.6 Å². The number of rotatable bonds is 4. The van der Waals surface area contributed by atoms with Crippen LogP contribution in [0.25, 0.3) is 0 Å². The van der Waals surface area contributed by atoms with E-state index in [9.17, 15) is 4.79 Å². The van der Waals surface area contributed by atoms with Gasteiger partial charge < -0.3 is 15.6 Å². The molecular formula is C7H17NO3S. The Hall–Kier alpha value is -0.260. The maximum Gasteiger partial charge on any atom is 0.321 e. The second-order valence-corrected chi connectivity index (χ2v) is 2.27. The molecule has 1 atom stereocenters. The van der Waals surface area contributed by atoms with Crippen LogP contribution in [-0.4, -0.2) is 36.1 Å². The summed E-state index contributed by atoms with van der Waals surface area (Å²) in [6.07, 6.45) is 0. The third-order valence-corrected chi connectivity index (χ3v) is 1.32. The van der Waals surface area contributed by atoms with Crippen molar-refractivity contribution in [3.63, 3.8) is 0 Å². The summed E-state index contributed by atoms with van der Waals surface area (Å²) >= 11 is 3.65. The molecule has 0 heterocycles. The molecule has 0 rings (SSSR count). The van der Waals surface area contributed by atoms with Crippen LogP contribution in [0.5, 0.6) is 0 Å². The van der Waals surface area contributed by atoms with Crippen LogP contribution < -0.4 is 5.73 Å². The summed E-state index contributed by atoms with van der Waals surface area (Å²) in [5.41, 5.74) is 4.94. The summed E-state index contributed by atoms with van der Waals surface area (Å²) in [6, 6.07) is -0.816. The highest BCUT2D eigenvalue weighted by atomic mass is 32.1. The van der Waals surface area contributed by atoms with Crippen LogP contribution in [0, 0.1) is 0 Å². The number of carbonyl (C=O) groups is 1. The standard InChI is InChI=1S/C4H10O.C3H7NO2S/c1-3-5-4-2;4-2(1-7)3(5)6/h3-4H2,1-2H3;2,7H,1,4H2,(H,5,6)/t;2-/m.0/s1. The molecule has 0 amide bonds. The molecule has 5 heteroatoms. The van der Waals surface area contributed by atoms with Crippen LogP contribution >= 0.6 is 12.6 Å². The first-order valence-electron chi connectivity index (χ1n) is 3.77. The zero-order valence-electron chi connectivity index (χ0n) is 7.49. The van der Waals surface area contributed by atoms with Crippen molar-refractivity contribution in [1.82, 2.24) is 0 Å². The fraction of sp³-hybridized carbons (Fsp3) is 0.857. The normalized spacial score (nSPS) is 11.3. The smallest absolute Gasteiger partial charge is 0.321 e. The van der Waals surface area contributed by atoms with Gasteiger partial charge in [0.25, 0.3) is 0 Å². The largest absolute Gasteiger partial charge is 0.480 e. The number of aliphatic carboxylic acids is 1. The van der Waals surface area contributed by atoms with Crippen LogP contribution in [0.3, 0.4) is 0 Å². The van der Waals surface area contributed by atoms with Gasteiger partial charge in [-0.25, -0.2) is 0 Å². The van der Waals surface area contributed by atoms with Gasteiger partial charge in [0, 0.05) is 19.0 Å². The Labute approximate surface area is 78.5 Å². The first-order valence-corrected chi connectivity index (χ1v) is 4.40. The second kappa shape index (κ2) is 10.7. The van der Waals surface area contributed by atoms with E-state index in [2.05, 4.69) is 12.6 Å². The fourth-order valence-electron chi connectivity index (χ4n) is 0.282. The first-order chi connectivity index (χ1) is 5.59. The third kappa shape index (κ3) is 12.4. The highest BCUT2D eigenvalue weighted by Gasteiger charge is 2.06. The number of hydrogen-bond acceptors (Lipinski definition) is 4. The van der Waals surface area contributed by atoms with E-state index in [0.717, 1.165) is 13.2 Å². The van der Waals surface area contributed by atoms with Gasteiger partial charge in [0.15, 0.2) is 0 Å². The van der Waals surface area contributed by atoms with Gasteiger partial charge in [-0.3, -0.25) is 4.79 Å². The third-order valence-electron chi connectivity index (χ3n) is 0.922. The monoisotopic (exact) mass is 195 g/mol. The molecule has 0 aromatic carbocycles. The minimum Gasteiger partial charge on any atom is -0.480 e. The molecule has 0 unspecified atom stereocenters. The lowest BCUT2D eigenvalue weighted by Gasteiger charge is -1.96. The molecule has 0 aliphatic rings. The van der Waals surface area contributed by atoms with Gasteiger partial charge >= 0.3 is 5.97 Å². The molecule has 3 N–H and O–H groups in total. The lowest BCUT2D eigenvalue weighted by molar-refractivity contribution is -0.137. The molecule has 0 fully saturated rings. The molecule has 0 saturated heterocycles. The Kier molecular flexibility index (Phi) is 12.8. The summed E-state index contributed by atoms with van der Waals surface area (Å²) < 4.78 is 4.83. The lowest BCUT2D eigenvalue weighted by Crippen LogP contribution is -2.31. The topological polar surface area (TPSA) is 72.5 Å². The molecule has 0 bridgehead atoms. The van der Waals surface area contributed by atoms with E-state index in [1.165, 1.54) is 0 Å². The minimum absolute atomic E-state index is 0.190. The Bertz CT molecular complexity index is 109. The molecule has 0 aromatic rings. The Balaban J connectivity index is 0. The SMILES string of the molecule is CCOCC.N[C@@H](CS)C(=O)O. The molecule has 4 nitrogen and oxygen atoms in total. The van der Waals surface area contributed by atoms with Gasteiger partial charge in [0.2, 0.25) is 0 Å². The van der Waals surface area contributed by atoms with Crippen molar-refractivity contribution < 1.29 is 14.6 Å². The van der Waals surface area contributed by atoms with Gasteiger partial charge in [0.05, 0.1) is 0 Å². The van der Waals surface area contributed by atoms with Gasteiger partial charge in [-0.1, -0.05) is 0 Å². The number of ether oxygens (including phenoxy) is 1. The van der Waals surface area contributed by atoms with Crippen LogP contribution in [0.2, 0.25) is 0 Å². The van der Waals surface area contributed by atoms with E-state index >= 15 is 0 Å². The molecule has 74 valence electrons. The highest BCUT2D eigenvalue weighted by Crippen LogP contribution is 1.80. The number of hydrogen-bond donors (Lipinski definition) is 3. The van der Waals surface area contributed by atoms with E-state index in [1.54, 1.807) is 0 Å². The quantitative estimate of drug-likeness (QED) is 0.567. The fourth-order valence-corrected chi connectivity index (χ4v) is 0.438. The molecular weight excluding hydrogens is 178 g/mol. The summed E-state index contributed by atoms with van der Waals surface area (Å²) in [7, 11) is 0. The number of thiol groups is 1. The van der Waals surface area contributed by atoms with Crippen LogP contribution in [0.4, 0.5) is 0 Å². The van der Waals surface area contributed by atoms with Crippen molar-refractivity contribution >= 4 is 18.6 Å². The predicted molar refractivity (Wildman–Crippen MR) is 51.6 cm³/mol. The van der Waals surface area contributed by atoms with Crippen molar-refractivity contribution in [2.75, 3.05) is 19.0 Å². The van der Waals surface area contributed by atoms with E-state index in [0.29, 0.717) is 0 Å². The van der Waals surface area contributed by atoms with Gasteiger partial charge in [-0.05, 0) is 13.8 Å². The minimum atomic E-state index is -1.00. The maximum absolute atomic E-state index is 9.76. The van der Waals surface area contributed by atoms with Gasteiger partial charge in [0.1, 0.15) is 6.04 Å². The number of carboxylic acid groups (broad SMARTS) is 1. The lowest BCUT2D eigenvalue weighted by atomic mass is 10.4. The first kappa shape index (κ1) is 14.3. The van der Waals surface area contributed by atoms with E-state index in [1.807, 2.05) is 13.8 Å². The van der Waals surface area contributed by atoms with Crippen LogP contribution in [-0.2, 0) is 9.53 Å². The molecule has 0 aliphatic heterocycles. The summed E-state index contributed by atoms with van der Waals surface area (Å²) in [5, 5.41) is 8.01. The maximum atomic E-state index is 9.76. The molecule has 12 heavy (non-hydrogen) atoms. The Morgan fingerprint density at radius 1 is 1.58 bits per heavy atom. The highest BCUT2D eigenvalue weighted by molar-refractivity contribution is 7.80. The molecule has 0 radical (unpaired) electrons. The van der Waals surface area contributed by atoms with Crippen LogP contribution in [0.15, 0.2) is 0 Å². The van der Waals surface area contributed by atoms with Crippen molar-refractivity contribution in [2.45, 2.75) is 19.9 Å². The van der Waals surface area contributed by atoms with Crippen molar-refractivity contribution in [2.24, 2.45) is 5.73 Å². The predicted octanol–water partition coefficient (Wildman–Crippen LogP) is 0.371. The second-order valence-electron chi connectivity index (χ2n) is 1.91. The van der Waals surface area contributed by atoms with Crippen molar-refractivity contribution in [3.05, 3.63) is 0 Å². The van der Waals surface area contributed by atoms with Gasteiger partial charge in [-0.2, -0.15) is 12.6 Å². The van der Waals surface area contributed by atoms with E-state index < -0.39 is 12.0 Å². The van der Waals surface area contributed by atoms with Crippen molar-refractivity contribution in [3.8, 4) is 0 Å². The average molecular weight is 195 g/mol. The number of carboxylic acids is 1. The summed E-state index contributed by atoms with van der Waals surface area (Å²) in [4.78, 5) is 9.76. The summed E-state index contributed by atoms with van der Waals surface area (Å²) in [6.45, 7) is 5.67. The van der Waals surface area contributed by atoms with Crippen LogP contribution in [0.1, 0.15) is 13.8 Å². The molecule has 0 aliphatic carbocycles. The molecule has 0 saturated carbocycles. The zero-order chi connectivity index (χ0) is 9.98. The van der Waals surface area contributed by atoms with Crippen molar-refractivity contribution in [1.29, 1.82) is 0 Å². The number of nitrogens with two attached hydrogens (primary N) is 1. The summed E-state index contributed by atoms with van der Waals surface area (Å²) in [5.74, 6) is -0.815. The van der Waals surface area contributed by atoms with Gasteiger partial charge in [-0.15, -0.1) is 0 Å². The zero-order valence-corrected chi connectivity index (χ0v) is 8.38. The molecule has 0 spiro atoms. The Morgan fingerprint density at radius 3 is 2.00 bits per heavy atom. The molecule has 0 aromatic heterocycles. The average Bonchev–Trinajstić information content (AvgIpc) is 2.05.